The largest absolute Gasteiger partial charge is 0.352 e. The molecule has 0 atom stereocenters. The van der Waals surface area contributed by atoms with Crippen molar-refractivity contribution in [2.24, 2.45) is 0 Å². The molecule has 0 bridgehead atoms. The van der Waals surface area contributed by atoms with Crippen LogP contribution in [0.1, 0.15) is 48.8 Å². The Morgan fingerprint density at radius 3 is 2.95 bits per heavy atom. The summed E-state index contributed by atoms with van der Waals surface area (Å²) in [5.74, 6) is 0.150. The van der Waals surface area contributed by atoms with Crippen molar-refractivity contribution in [3.05, 3.63) is 46.5 Å². The normalized spacial score (nSPS) is 17.5. The van der Waals surface area contributed by atoms with Gasteiger partial charge in [0.1, 0.15) is 0 Å². The standard InChI is InChI=1S/C17H22N2O/c20-17(9-13-4-2-1-3-5-13)19-10-14-6-7-15-11-18-12-16(15)8-14/h4,6-8,18H,1-3,5,9-12H2,(H,19,20). The van der Waals surface area contributed by atoms with E-state index < -0.39 is 0 Å². The van der Waals surface area contributed by atoms with Crippen LogP contribution in [0.3, 0.4) is 0 Å². The van der Waals surface area contributed by atoms with Crippen molar-refractivity contribution in [2.45, 2.75) is 51.7 Å². The average molecular weight is 270 g/mol. The minimum absolute atomic E-state index is 0.150. The second kappa shape index (κ2) is 6.23. The summed E-state index contributed by atoms with van der Waals surface area (Å²) in [6, 6.07) is 6.49. The number of carbonyl (C=O) groups is 1. The van der Waals surface area contributed by atoms with Gasteiger partial charge in [0.2, 0.25) is 5.91 Å². The molecule has 2 aliphatic rings. The number of hydrogen-bond donors (Lipinski definition) is 2. The second-order valence-corrected chi connectivity index (χ2v) is 5.77. The molecule has 1 aromatic rings. The van der Waals surface area contributed by atoms with E-state index in [2.05, 4.69) is 34.9 Å². The van der Waals surface area contributed by atoms with Crippen molar-refractivity contribution in [2.75, 3.05) is 0 Å². The van der Waals surface area contributed by atoms with Crippen LogP contribution in [0.25, 0.3) is 0 Å². The van der Waals surface area contributed by atoms with Gasteiger partial charge in [0, 0.05) is 26.1 Å². The van der Waals surface area contributed by atoms with E-state index in [0.717, 1.165) is 25.9 Å². The van der Waals surface area contributed by atoms with E-state index in [1.807, 2.05) is 0 Å². The maximum Gasteiger partial charge on any atom is 0.224 e. The van der Waals surface area contributed by atoms with Gasteiger partial charge in [-0.1, -0.05) is 29.8 Å². The number of nitrogens with one attached hydrogen (secondary N) is 2. The molecule has 0 unspecified atom stereocenters. The van der Waals surface area contributed by atoms with Crippen LogP contribution in [0.15, 0.2) is 29.8 Å². The van der Waals surface area contributed by atoms with E-state index in [4.69, 9.17) is 0 Å². The molecule has 20 heavy (non-hydrogen) atoms. The van der Waals surface area contributed by atoms with Crippen LogP contribution >= 0.6 is 0 Å². The Hall–Kier alpha value is -1.61. The van der Waals surface area contributed by atoms with Gasteiger partial charge in [-0.2, -0.15) is 0 Å². The number of allylic oxidation sites excluding steroid dienone is 1. The molecule has 0 radical (unpaired) electrons. The first-order chi connectivity index (χ1) is 9.81. The Balaban J connectivity index is 1.51. The molecule has 0 fully saturated rings. The maximum absolute atomic E-state index is 12.0. The van der Waals surface area contributed by atoms with Gasteiger partial charge in [-0.25, -0.2) is 0 Å². The molecule has 106 valence electrons. The van der Waals surface area contributed by atoms with Gasteiger partial charge >= 0.3 is 0 Å². The third-order valence-electron chi connectivity index (χ3n) is 4.16. The zero-order valence-corrected chi connectivity index (χ0v) is 11.9. The number of carbonyl (C=O) groups excluding carboxylic acids is 1. The lowest BCUT2D eigenvalue weighted by Gasteiger charge is -2.12. The van der Waals surface area contributed by atoms with Crippen molar-refractivity contribution in [3.63, 3.8) is 0 Å². The fraction of sp³-hybridized carbons (Fsp3) is 0.471. The topological polar surface area (TPSA) is 41.1 Å². The van der Waals surface area contributed by atoms with Crippen LogP contribution in [0.4, 0.5) is 0 Å². The molecule has 0 saturated heterocycles. The molecule has 1 heterocycles. The summed E-state index contributed by atoms with van der Waals surface area (Å²) in [6.45, 7) is 2.56. The number of hydrogen-bond acceptors (Lipinski definition) is 2. The third kappa shape index (κ3) is 3.28. The van der Waals surface area contributed by atoms with E-state index in [9.17, 15) is 4.79 Å². The van der Waals surface area contributed by atoms with Gasteiger partial charge in [0.15, 0.2) is 0 Å². The molecular formula is C17H22N2O. The molecule has 2 N–H and O–H groups in total. The van der Waals surface area contributed by atoms with Gasteiger partial charge in [-0.05, 0) is 42.4 Å². The molecule has 0 saturated carbocycles. The Bertz CT molecular complexity index is 534. The van der Waals surface area contributed by atoms with Crippen LogP contribution in [-0.4, -0.2) is 5.91 Å². The van der Waals surface area contributed by atoms with E-state index in [1.54, 1.807) is 0 Å². The van der Waals surface area contributed by atoms with Gasteiger partial charge < -0.3 is 10.6 Å². The molecule has 0 spiro atoms. The highest BCUT2D eigenvalue weighted by Crippen LogP contribution is 2.20. The molecule has 3 nitrogen and oxygen atoms in total. The minimum Gasteiger partial charge on any atom is -0.352 e. The quantitative estimate of drug-likeness (QED) is 0.826. The highest BCUT2D eigenvalue weighted by atomic mass is 16.1. The zero-order valence-electron chi connectivity index (χ0n) is 11.9. The third-order valence-corrected chi connectivity index (χ3v) is 4.16. The summed E-state index contributed by atoms with van der Waals surface area (Å²) >= 11 is 0. The highest BCUT2D eigenvalue weighted by Gasteiger charge is 2.11. The minimum atomic E-state index is 0.150. The Kier molecular flexibility index (Phi) is 4.16. The van der Waals surface area contributed by atoms with E-state index >= 15 is 0 Å². The summed E-state index contributed by atoms with van der Waals surface area (Å²) in [6.07, 6.45) is 7.56. The van der Waals surface area contributed by atoms with Gasteiger partial charge in [-0.3, -0.25) is 4.79 Å². The number of amides is 1. The maximum atomic E-state index is 12.0. The fourth-order valence-corrected chi connectivity index (χ4v) is 2.99. The molecular weight excluding hydrogens is 248 g/mol. The lowest BCUT2D eigenvalue weighted by Crippen LogP contribution is -2.23. The lowest BCUT2D eigenvalue weighted by molar-refractivity contribution is -0.120. The summed E-state index contributed by atoms with van der Waals surface area (Å²) < 4.78 is 0. The Labute approximate surface area is 120 Å². The molecule has 3 heteroatoms. The number of fused-ring (bicyclic) bond motifs is 1. The summed E-state index contributed by atoms with van der Waals surface area (Å²) in [4.78, 5) is 12.0. The lowest BCUT2D eigenvalue weighted by atomic mass is 9.97. The molecule has 1 amide bonds. The van der Waals surface area contributed by atoms with Crippen molar-refractivity contribution in [3.8, 4) is 0 Å². The monoisotopic (exact) mass is 270 g/mol. The van der Waals surface area contributed by atoms with Crippen molar-refractivity contribution < 1.29 is 4.79 Å². The van der Waals surface area contributed by atoms with Gasteiger partial charge in [0.25, 0.3) is 0 Å². The zero-order chi connectivity index (χ0) is 13.8. The first-order valence-electron chi connectivity index (χ1n) is 7.57. The fourth-order valence-electron chi connectivity index (χ4n) is 2.99. The smallest absolute Gasteiger partial charge is 0.224 e. The van der Waals surface area contributed by atoms with Crippen LogP contribution in [0.2, 0.25) is 0 Å². The predicted molar refractivity (Wildman–Crippen MR) is 80.0 cm³/mol. The summed E-state index contributed by atoms with van der Waals surface area (Å²) in [7, 11) is 0. The van der Waals surface area contributed by atoms with Gasteiger partial charge in [-0.15, -0.1) is 0 Å². The van der Waals surface area contributed by atoms with Crippen LogP contribution < -0.4 is 10.6 Å². The predicted octanol–water partition coefficient (Wildman–Crippen LogP) is 2.80. The van der Waals surface area contributed by atoms with Crippen LogP contribution in [0, 0.1) is 0 Å². The SMILES string of the molecule is O=C(CC1=CCCCC1)NCc1ccc2c(c1)CNC2. The summed E-state index contributed by atoms with van der Waals surface area (Å²) in [5, 5.41) is 6.38. The van der Waals surface area contributed by atoms with E-state index in [1.165, 1.54) is 35.1 Å². The Morgan fingerprint density at radius 1 is 1.20 bits per heavy atom. The molecule has 3 rings (SSSR count). The van der Waals surface area contributed by atoms with E-state index in [-0.39, 0.29) is 5.91 Å². The van der Waals surface area contributed by atoms with E-state index in [0.29, 0.717) is 13.0 Å². The molecule has 0 aromatic heterocycles. The highest BCUT2D eigenvalue weighted by molar-refractivity contribution is 5.78. The average Bonchev–Trinajstić information content (AvgIpc) is 2.93. The summed E-state index contributed by atoms with van der Waals surface area (Å²) in [5.41, 5.74) is 5.25. The Morgan fingerprint density at radius 2 is 2.10 bits per heavy atom. The van der Waals surface area contributed by atoms with Crippen molar-refractivity contribution >= 4 is 5.91 Å². The molecule has 1 aliphatic carbocycles. The van der Waals surface area contributed by atoms with Crippen molar-refractivity contribution in [1.29, 1.82) is 0 Å². The number of benzene rings is 1. The first-order valence-corrected chi connectivity index (χ1v) is 7.57. The van der Waals surface area contributed by atoms with Crippen LogP contribution in [0.5, 0.6) is 0 Å². The van der Waals surface area contributed by atoms with Crippen molar-refractivity contribution in [1.82, 2.24) is 10.6 Å². The first kappa shape index (κ1) is 13.4. The van der Waals surface area contributed by atoms with Crippen LogP contribution in [-0.2, 0) is 24.4 Å². The molecule has 1 aliphatic heterocycles. The number of rotatable bonds is 4. The second-order valence-electron chi connectivity index (χ2n) is 5.77. The van der Waals surface area contributed by atoms with Gasteiger partial charge in [0.05, 0.1) is 0 Å². The molecule has 1 aromatic carbocycles.